The van der Waals surface area contributed by atoms with E-state index in [0.717, 1.165) is 12.8 Å². The number of anilines is 1. The molecule has 1 aliphatic carbocycles. The molecule has 1 N–H and O–H groups in total. The molecule has 0 radical (unpaired) electrons. The maximum Gasteiger partial charge on any atom is 0.416 e. The van der Waals surface area contributed by atoms with Gasteiger partial charge in [-0.05, 0) is 56.0 Å². The summed E-state index contributed by atoms with van der Waals surface area (Å²) in [5.41, 5.74) is -0.472. The van der Waals surface area contributed by atoms with Gasteiger partial charge in [0, 0.05) is 19.7 Å². The van der Waals surface area contributed by atoms with E-state index in [4.69, 9.17) is 9.47 Å². The number of likely N-dealkylation sites (tertiary alicyclic amines) is 1. The molecular weight excluding hydrogens is 458 g/mol. The normalized spacial score (nSPS) is 21.4. The van der Waals surface area contributed by atoms with Gasteiger partial charge >= 0.3 is 12.2 Å². The summed E-state index contributed by atoms with van der Waals surface area (Å²) in [6, 6.07) is 1.36. The summed E-state index contributed by atoms with van der Waals surface area (Å²) >= 11 is 3.33. The lowest BCUT2D eigenvalue weighted by Crippen LogP contribution is -2.40. The third kappa shape index (κ3) is 4.54. The average molecular weight is 484 g/mol. The van der Waals surface area contributed by atoms with Crippen molar-refractivity contribution in [3.8, 4) is 6.07 Å². The number of aromatic nitrogens is 2. The number of amides is 2. The van der Waals surface area contributed by atoms with E-state index in [-0.39, 0.29) is 36.8 Å². The Bertz CT molecular complexity index is 870. The molecule has 1 saturated carbocycles. The van der Waals surface area contributed by atoms with Crippen LogP contribution in [-0.2, 0) is 9.47 Å². The first-order valence-electron chi connectivity index (χ1n) is 9.76. The van der Waals surface area contributed by atoms with Gasteiger partial charge in [0.1, 0.15) is 21.8 Å². The zero-order valence-corrected chi connectivity index (χ0v) is 19.0. The van der Waals surface area contributed by atoms with Gasteiger partial charge in [-0.1, -0.05) is 0 Å². The van der Waals surface area contributed by atoms with Gasteiger partial charge in [-0.3, -0.25) is 4.90 Å². The van der Waals surface area contributed by atoms with Crippen LogP contribution in [-0.4, -0.2) is 69.9 Å². The molecule has 0 spiro atoms. The van der Waals surface area contributed by atoms with Crippen LogP contribution in [0.15, 0.2) is 4.60 Å². The number of rotatable bonds is 5. The number of nitrogens with zero attached hydrogens (tertiary/aromatic N) is 5. The number of hydrogen-bond acceptors (Lipinski definition) is 6. The van der Waals surface area contributed by atoms with Crippen molar-refractivity contribution in [2.45, 2.75) is 63.8 Å². The summed E-state index contributed by atoms with van der Waals surface area (Å²) in [6.45, 7) is 5.79. The minimum atomic E-state index is -1.04. The fourth-order valence-corrected chi connectivity index (χ4v) is 4.12. The van der Waals surface area contributed by atoms with Crippen LogP contribution in [0.2, 0.25) is 0 Å². The summed E-state index contributed by atoms with van der Waals surface area (Å²) in [4.78, 5) is 27.5. The lowest BCUT2D eigenvalue weighted by molar-refractivity contribution is 0.0574. The maximum atomic E-state index is 13.0. The molecule has 2 fully saturated rings. The Hall–Kier alpha value is -2.32. The second-order valence-corrected chi connectivity index (χ2v) is 9.31. The van der Waals surface area contributed by atoms with E-state index in [1.165, 1.54) is 16.9 Å². The molecule has 2 heterocycles. The number of hydrogen-bond donors (Lipinski definition) is 1. The van der Waals surface area contributed by atoms with Gasteiger partial charge in [0.2, 0.25) is 0 Å². The number of nitriles is 1. The molecule has 3 rings (SSSR count). The Morgan fingerprint density at radius 3 is 2.57 bits per heavy atom. The standard InChI is InChI=1S/C19H26BrN5O5/c1-19(2,3)30-18(28)24(11-5-6-11)16-14(8-21)15(20)22-25(16)12-7-13(10-29-4)23(9-12)17(26)27/h11-13H,5-7,9-10H2,1-4H3,(H,26,27)/t12-,13+/m0/s1. The number of carboxylic acid groups (broad SMARTS) is 1. The molecular formula is C19H26BrN5O5. The van der Waals surface area contributed by atoms with Crippen LogP contribution < -0.4 is 4.90 Å². The number of carbonyl (C=O) groups is 2. The first-order chi connectivity index (χ1) is 14.1. The summed E-state index contributed by atoms with van der Waals surface area (Å²) < 4.78 is 12.7. The monoisotopic (exact) mass is 483 g/mol. The Morgan fingerprint density at radius 2 is 2.07 bits per heavy atom. The van der Waals surface area contributed by atoms with E-state index in [1.807, 2.05) is 0 Å². The summed E-state index contributed by atoms with van der Waals surface area (Å²) in [5, 5.41) is 23.8. The second kappa shape index (κ2) is 8.43. The van der Waals surface area contributed by atoms with E-state index in [9.17, 15) is 20.0 Å². The summed E-state index contributed by atoms with van der Waals surface area (Å²) in [5.74, 6) is 0.342. The molecule has 164 valence electrons. The molecule has 2 atom stereocenters. The van der Waals surface area contributed by atoms with E-state index in [2.05, 4.69) is 27.1 Å². The predicted octanol–water partition coefficient (Wildman–Crippen LogP) is 3.36. The van der Waals surface area contributed by atoms with E-state index >= 15 is 0 Å². The molecule has 1 aromatic heterocycles. The van der Waals surface area contributed by atoms with Crippen molar-refractivity contribution in [3.63, 3.8) is 0 Å². The summed E-state index contributed by atoms with van der Waals surface area (Å²) in [6.07, 6.45) is 0.463. The number of carbonyl (C=O) groups excluding carboxylic acids is 1. The van der Waals surface area contributed by atoms with Gasteiger partial charge < -0.3 is 19.5 Å². The van der Waals surface area contributed by atoms with E-state index in [1.54, 1.807) is 25.5 Å². The minimum absolute atomic E-state index is 0.0824. The third-order valence-corrected chi connectivity index (χ3v) is 5.58. The van der Waals surface area contributed by atoms with Crippen LogP contribution in [0, 0.1) is 11.3 Å². The molecule has 1 aromatic rings. The molecule has 0 unspecified atom stereocenters. The topological polar surface area (TPSA) is 121 Å². The van der Waals surface area contributed by atoms with Crippen LogP contribution in [0.1, 0.15) is 51.6 Å². The molecule has 11 heteroatoms. The fourth-order valence-electron chi connectivity index (χ4n) is 3.69. The Labute approximate surface area is 183 Å². The van der Waals surface area contributed by atoms with Crippen LogP contribution in [0.3, 0.4) is 0 Å². The molecule has 1 aliphatic heterocycles. The molecule has 2 aliphatic rings. The zero-order valence-electron chi connectivity index (χ0n) is 17.5. The molecule has 0 bridgehead atoms. The van der Waals surface area contributed by atoms with Crippen molar-refractivity contribution >= 4 is 33.9 Å². The van der Waals surface area contributed by atoms with Crippen molar-refractivity contribution in [3.05, 3.63) is 10.2 Å². The zero-order chi connectivity index (χ0) is 22.2. The van der Waals surface area contributed by atoms with Crippen LogP contribution in [0.5, 0.6) is 0 Å². The average Bonchev–Trinajstić information content (AvgIpc) is 3.28. The highest BCUT2D eigenvalue weighted by Crippen LogP contribution is 2.40. The molecule has 0 aromatic carbocycles. The summed E-state index contributed by atoms with van der Waals surface area (Å²) in [7, 11) is 1.52. The van der Waals surface area contributed by atoms with E-state index in [0.29, 0.717) is 16.8 Å². The Balaban J connectivity index is 2.02. The lowest BCUT2D eigenvalue weighted by atomic mass is 10.2. The molecule has 2 amide bonds. The van der Waals surface area contributed by atoms with Gasteiger partial charge in [-0.15, -0.1) is 0 Å². The van der Waals surface area contributed by atoms with Crippen molar-refractivity contribution in [2.24, 2.45) is 0 Å². The van der Waals surface area contributed by atoms with Crippen molar-refractivity contribution < 1.29 is 24.2 Å². The Morgan fingerprint density at radius 1 is 1.40 bits per heavy atom. The highest BCUT2D eigenvalue weighted by atomic mass is 79.9. The fraction of sp³-hybridized carbons (Fsp3) is 0.684. The first kappa shape index (κ1) is 22.4. The van der Waals surface area contributed by atoms with Crippen LogP contribution in [0.4, 0.5) is 15.4 Å². The minimum Gasteiger partial charge on any atom is -0.465 e. The lowest BCUT2D eigenvalue weighted by Gasteiger charge is -2.29. The predicted molar refractivity (Wildman–Crippen MR) is 110 cm³/mol. The third-order valence-electron chi connectivity index (χ3n) is 5.03. The van der Waals surface area contributed by atoms with Gasteiger partial charge in [-0.2, -0.15) is 10.4 Å². The molecule has 1 saturated heterocycles. The van der Waals surface area contributed by atoms with Gasteiger partial charge in [0.15, 0.2) is 5.82 Å². The highest BCUT2D eigenvalue weighted by molar-refractivity contribution is 9.10. The largest absolute Gasteiger partial charge is 0.465 e. The van der Waals surface area contributed by atoms with Crippen molar-refractivity contribution in [1.82, 2.24) is 14.7 Å². The SMILES string of the molecule is COC[C@H]1C[C@H](n2nc(Br)c(C#N)c2N(C(=O)OC(C)(C)C)C2CC2)CN1C(=O)O. The molecule has 10 nitrogen and oxygen atoms in total. The number of ether oxygens (including phenoxy) is 2. The number of methoxy groups -OCH3 is 1. The highest BCUT2D eigenvalue weighted by Gasteiger charge is 2.44. The van der Waals surface area contributed by atoms with Crippen molar-refractivity contribution in [1.29, 1.82) is 5.26 Å². The first-order valence-corrected chi connectivity index (χ1v) is 10.6. The van der Waals surface area contributed by atoms with E-state index < -0.39 is 17.8 Å². The van der Waals surface area contributed by atoms with Gasteiger partial charge in [0.05, 0.1) is 18.7 Å². The second-order valence-electron chi connectivity index (χ2n) is 8.56. The van der Waals surface area contributed by atoms with Crippen LogP contribution >= 0.6 is 15.9 Å². The smallest absolute Gasteiger partial charge is 0.416 e. The van der Waals surface area contributed by atoms with Gasteiger partial charge in [-0.25, -0.2) is 14.3 Å². The van der Waals surface area contributed by atoms with Crippen molar-refractivity contribution in [2.75, 3.05) is 25.2 Å². The maximum absolute atomic E-state index is 13.0. The van der Waals surface area contributed by atoms with Crippen LogP contribution in [0.25, 0.3) is 0 Å². The molecule has 30 heavy (non-hydrogen) atoms. The van der Waals surface area contributed by atoms with Gasteiger partial charge in [0.25, 0.3) is 0 Å². The Kier molecular flexibility index (Phi) is 6.29. The number of halogens is 1. The quantitative estimate of drug-likeness (QED) is 0.680.